The van der Waals surface area contributed by atoms with Crippen molar-refractivity contribution in [3.8, 4) is 5.75 Å². The highest BCUT2D eigenvalue weighted by molar-refractivity contribution is 5.76. The Balaban J connectivity index is 1.20. The molecule has 0 bridgehead atoms. The minimum absolute atomic E-state index is 0.0454. The van der Waals surface area contributed by atoms with E-state index in [0.717, 1.165) is 58.2 Å². The number of rotatable bonds is 7. The Kier molecular flexibility index (Phi) is 7.48. The number of carbonyl (C=O) groups excluding carboxylic acids is 1. The Morgan fingerprint density at radius 3 is 2.53 bits per heavy atom. The Morgan fingerprint density at radius 1 is 1.00 bits per heavy atom. The van der Waals surface area contributed by atoms with E-state index in [1.165, 1.54) is 36.8 Å². The average molecular weight is 464 g/mol. The lowest BCUT2D eigenvalue weighted by atomic mass is 9.94. The third-order valence-electron chi connectivity index (χ3n) is 7.72. The molecule has 2 aromatic carbocycles. The van der Waals surface area contributed by atoms with Gasteiger partial charge < -0.3 is 14.8 Å². The second kappa shape index (κ2) is 10.9. The van der Waals surface area contributed by atoms with Gasteiger partial charge in [-0.15, -0.1) is 0 Å². The molecule has 1 saturated heterocycles. The van der Waals surface area contributed by atoms with Gasteiger partial charge in [-0.2, -0.15) is 0 Å². The van der Waals surface area contributed by atoms with E-state index in [1.54, 1.807) is 0 Å². The summed E-state index contributed by atoms with van der Waals surface area (Å²) >= 11 is 0. The maximum Gasteiger partial charge on any atom is 0.221 e. The number of carbonyl (C=O) groups is 1. The lowest BCUT2D eigenvalue weighted by molar-refractivity contribution is -0.122. The number of benzene rings is 2. The minimum Gasteiger partial charge on any atom is -0.484 e. The molecule has 1 amide bonds. The second-order valence-corrected chi connectivity index (χ2v) is 9.92. The predicted octanol–water partition coefficient (Wildman–Crippen LogP) is 3.77. The van der Waals surface area contributed by atoms with E-state index in [4.69, 9.17) is 9.47 Å². The van der Waals surface area contributed by atoms with E-state index in [2.05, 4.69) is 51.5 Å². The van der Waals surface area contributed by atoms with Crippen LogP contribution in [0.25, 0.3) is 0 Å². The zero-order valence-electron chi connectivity index (χ0n) is 20.1. The van der Waals surface area contributed by atoms with Gasteiger partial charge in [-0.3, -0.25) is 14.6 Å². The van der Waals surface area contributed by atoms with Crippen LogP contribution in [0.15, 0.2) is 54.6 Å². The lowest BCUT2D eigenvalue weighted by Crippen LogP contribution is -2.57. The largest absolute Gasteiger partial charge is 0.484 e. The monoisotopic (exact) mass is 463 g/mol. The van der Waals surface area contributed by atoms with Crippen molar-refractivity contribution in [1.29, 1.82) is 0 Å². The molecule has 0 radical (unpaired) electrons. The maximum atomic E-state index is 12.9. The molecule has 0 spiro atoms. The number of ether oxygens (including phenoxy) is 2. The highest BCUT2D eigenvalue weighted by Crippen LogP contribution is 2.35. The molecule has 1 atom stereocenters. The summed E-state index contributed by atoms with van der Waals surface area (Å²) in [5.41, 5.74) is 2.47. The van der Waals surface area contributed by atoms with Crippen LogP contribution >= 0.6 is 0 Å². The fourth-order valence-electron chi connectivity index (χ4n) is 5.78. The molecule has 1 N–H and O–H groups in total. The van der Waals surface area contributed by atoms with Crippen molar-refractivity contribution in [2.45, 2.75) is 50.3 Å². The van der Waals surface area contributed by atoms with Gasteiger partial charge in [0.1, 0.15) is 11.9 Å². The number of morpholine rings is 1. The number of fused-ring (bicyclic) bond motifs is 1. The number of para-hydroxylation sites is 1. The Labute approximate surface area is 203 Å². The molecule has 6 heteroatoms. The molecule has 1 saturated carbocycles. The van der Waals surface area contributed by atoms with Gasteiger partial charge in [-0.25, -0.2) is 0 Å². The van der Waals surface area contributed by atoms with Gasteiger partial charge in [0.05, 0.1) is 13.2 Å². The summed E-state index contributed by atoms with van der Waals surface area (Å²) in [4.78, 5) is 17.9. The maximum absolute atomic E-state index is 12.9. The van der Waals surface area contributed by atoms with Crippen molar-refractivity contribution >= 4 is 5.91 Å². The Bertz CT molecular complexity index is 939. The van der Waals surface area contributed by atoms with Gasteiger partial charge in [0.15, 0.2) is 0 Å². The normalized spacial score (nSPS) is 23.0. The van der Waals surface area contributed by atoms with Crippen LogP contribution in [0.3, 0.4) is 0 Å². The van der Waals surface area contributed by atoms with Crippen LogP contribution in [0.2, 0.25) is 0 Å². The number of hydrogen-bond donors (Lipinski definition) is 1. The quantitative estimate of drug-likeness (QED) is 0.677. The molecule has 34 heavy (non-hydrogen) atoms. The summed E-state index contributed by atoms with van der Waals surface area (Å²) in [6.07, 6.45) is 5.31. The van der Waals surface area contributed by atoms with Crippen molar-refractivity contribution < 1.29 is 14.3 Å². The van der Waals surface area contributed by atoms with Gasteiger partial charge >= 0.3 is 0 Å². The van der Waals surface area contributed by atoms with E-state index in [1.807, 2.05) is 18.2 Å². The molecule has 2 fully saturated rings. The lowest BCUT2D eigenvalue weighted by Gasteiger charge is -2.43. The Hall–Kier alpha value is -2.41. The first-order valence-corrected chi connectivity index (χ1v) is 12.8. The van der Waals surface area contributed by atoms with Crippen LogP contribution in [0, 0.1) is 0 Å². The zero-order valence-corrected chi connectivity index (χ0v) is 20.1. The molecule has 2 aromatic rings. The topological polar surface area (TPSA) is 54.0 Å². The molecule has 182 valence electrons. The van der Waals surface area contributed by atoms with Crippen LogP contribution in [0.1, 0.15) is 49.3 Å². The van der Waals surface area contributed by atoms with Crippen LogP contribution in [0.4, 0.5) is 0 Å². The van der Waals surface area contributed by atoms with E-state index in [9.17, 15) is 4.79 Å². The molecule has 1 unspecified atom stereocenters. The van der Waals surface area contributed by atoms with Gasteiger partial charge in [0, 0.05) is 56.8 Å². The first-order valence-electron chi connectivity index (χ1n) is 12.8. The van der Waals surface area contributed by atoms with Crippen molar-refractivity contribution in [2.24, 2.45) is 0 Å². The molecule has 5 rings (SSSR count). The third kappa shape index (κ3) is 5.45. The van der Waals surface area contributed by atoms with Gasteiger partial charge in [-0.1, -0.05) is 61.4 Å². The summed E-state index contributed by atoms with van der Waals surface area (Å²) in [7, 11) is 0. The fraction of sp³-hybridized carbons (Fsp3) is 0.536. The second-order valence-electron chi connectivity index (χ2n) is 9.92. The predicted molar refractivity (Wildman–Crippen MR) is 133 cm³/mol. The van der Waals surface area contributed by atoms with Gasteiger partial charge in [0.2, 0.25) is 5.91 Å². The average Bonchev–Trinajstić information content (AvgIpc) is 3.29. The van der Waals surface area contributed by atoms with Gasteiger partial charge in [0.25, 0.3) is 0 Å². The van der Waals surface area contributed by atoms with Crippen molar-refractivity contribution in [3.05, 3.63) is 65.7 Å². The summed E-state index contributed by atoms with van der Waals surface area (Å²) in [6.45, 7) is 6.59. The molecule has 1 aliphatic carbocycles. The van der Waals surface area contributed by atoms with Crippen LogP contribution < -0.4 is 10.1 Å². The van der Waals surface area contributed by atoms with Gasteiger partial charge in [-0.05, 0) is 24.5 Å². The number of nitrogens with one attached hydrogen (secondary N) is 1. The molecule has 2 aliphatic heterocycles. The van der Waals surface area contributed by atoms with Crippen molar-refractivity contribution in [2.75, 3.05) is 45.9 Å². The molecular weight excluding hydrogens is 426 g/mol. The summed E-state index contributed by atoms with van der Waals surface area (Å²) < 4.78 is 12.0. The van der Waals surface area contributed by atoms with Crippen LogP contribution in [-0.4, -0.2) is 67.2 Å². The SMILES string of the molecule is O=C(CCN1Cc2ccccc2OC(c2ccccc2)C1)NCC1(N2CCOCC2)CCCC1. The first-order chi connectivity index (χ1) is 16.7. The fourth-order valence-corrected chi connectivity index (χ4v) is 5.78. The number of nitrogens with zero attached hydrogens (tertiary/aromatic N) is 2. The molecule has 6 nitrogen and oxygen atoms in total. The minimum atomic E-state index is -0.0454. The zero-order chi connectivity index (χ0) is 23.2. The Morgan fingerprint density at radius 2 is 1.74 bits per heavy atom. The highest BCUT2D eigenvalue weighted by Gasteiger charge is 2.40. The standard InChI is InChI=1S/C28H37N3O3/c32-27(29-22-28(13-6-7-14-28)31-16-18-33-19-17-31)12-15-30-20-24-10-4-5-11-25(24)34-26(21-30)23-8-2-1-3-9-23/h1-5,8-11,26H,6-7,12-22H2,(H,29,32). The molecule has 0 aromatic heterocycles. The number of hydrogen-bond acceptors (Lipinski definition) is 5. The van der Waals surface area contributed by atoms with E-state index < -0.39 is 0 Å². The third-order valence-corrected chi connectivity index (χ3v) is 7.72. The van der Waals surface area contributed by atoms with Crippen LogP contribution in [-0.2, 0) is 16.1 Å². The van der Waals surface area contributed by atoms with E-state index >= 15 is 0 Å². The summed E-state index contributed by atoms with van der Waals surface area (Å²) in [6, 6.07) is 18.6. The number of amides is 1. The molecular formula is C28H37N3O3. The van der Waals surface area contributed by atoms with Crippen molar-refractivity contribution in [3.63, 3.8) is 0 Å². The highest BCUT2D eigenvalue weighted by atomic mass is 16.5. The summed E-state index contributed by atoms with van der Waals surface area (Å²) in [5.74, 6) is 1.09. The van der Waals surface area contributed by atoms with E-state index in [-0.39, 0.29) is 17.6 Å². The molecule has 2 heterocycles. The van der Waals surface area contributed by atoms with E-state index in [0.29, 0.717) is 6.42 Å². The van der Waals surface area contributed by atoms with Crippen LogP contribution in [0.5, 0.6) is 5.75 Å². The van der Waals surface area contributed by atoms with Crippen molar-refractivity contribution in [1.82, 2.24) is 15.1 Å². The smallest absolute Gasteiger partial charge is 0.221 e. The summed E-state index contributed by atoms with van der Waals surface area (Å²) in [5, 5.41) is 3.30. The first kappa shape index (κ1) is 23.3. The molecule has 3 aliphatic rings.